The van der Waals surface area contributed by atoms with Gasteiger partial charge in [0.1, 0.15) is 22.1 Å². The standard InChI is InChI=1S/C29H29ClN4O5S2/c1-6-13-34-26(18(3)39-23-12-9-20(30)14-17(23)2)32-33-29(34)41-16-24(35)31-27-25(28(36)38-5)22(15-40-27)19-7-10-21(37-4)11-8-19/h6-12,14-15,18H,1,13,16H2,2-5H3,(H,31,35). The number of amides is 1. The van der Waals surface area contributed by atoms with Crippen LogP contribution in [0.25, 0.3) is 11.1 Å². The zero-order valence-corrected chi connectivity index (χ0v) is 25.4. The number of nitrogens with zero attached hydrogens (tertiary/aromatic N) is 3. The first-order chi connectivity index (χ1) is 19.7. The third-order valence-electron chi connectivity index (χ3n) is 6.03. The summed E-state index contributed by atoms with van der Waals surface area (Å²) in [5.41, 5.74) is 2.65. The molecule has 2 aromatic carbocycles. The maximum atomic E-state index is 13.0. The van der Waals surface area contributed by atoms with Gasteiger partial charge in [0.25, 0.3) is 0 Å². The number of esters is 1. The van der Waals surface area contributed by atoms with E-state index in [4.69, 9.17) is 25.8 Å². The molecule has 0 aliphatic heterocycles. The average molecular weight is 613 g/mol. The number of methoxy groups -OCH3 is 2. The Hall–Kier alpha value is -3.80. The summed E-state index contributed by atoms with van der Waals surface area (Å²) in [7, 11) is 2.89. The van der Waals surface area contributed by atoms with E-state index in [1.165, 1.54) is 30.2 Å². The van der Waals surface area contributed by atoms with Crippen LogP contribution in [-0.2, 0) is 16.1 Å². The lowest BCUT2D eigenvalue weighted by Gasteiger charge is -2.17. The van der Waals surface area contributed by atoms with E-state index < -0.39 is 12.1 Å². The Kier molecular flexibility index (Phi) is 10.1. The van der Waals surface area contributed by atoms with Crippen LogP contribution in [0, 0.1) is 6.92 Å². The lowest BCUT2D eigenvalue weighted by molar-refractivity contribution is -0.113. The Morgan fingerprint density at radius 1 is 1.20 bits per heavy atom. The Balaban J connectivity index is 1.48. The van der Waals surface area contributed by atoms with Crippen molar-refractivity contribution in [1.82, 2.24) is 14.8 Å². The van der Waals surface area contributed by atoms with Gasteiger partial charge in [-0.05, 0) is 55.3 Å². The van der Waals surface area contributed by atoms with Crippen LogP contribution in [0.15, 0.2) is 65.7 Å². The molecular formula is C29H29ClN4O5S2. The van der Waals surface area contributed by atoms with E-state index in [0.717, 1.165) is 11.1 Å². The van der Waals surface area contributed by atoms with Gasteiger partial charge in [-0.2, -0.15) is 0 Å². The van der Waals surface area contributed by atoms with Crippen molar-refractivity contribution >= 4 is 51.6 Å². The Morgan fingerprint density at radius 3 is 2.61 bits per heavy atom. The Labute approximate surface area is 251 Å². The van der Waals surface area contributed by atoms with Crippen molar-refractivity contribution in [3.05, 3.63) is 82.5 Å². The quantitative estimate of drug-likeness (QED) is 0.106. The summed E-state index contributed by atoms with van der Waals surface area (Å²) in [6, 6.07) is 12.7. The minimum Gasteiger partial charge on any atom is -0.497 e. The highest BCUT2D eigenvalue weighted by atomic mass is 35.5. The SMILES string of the molecule is C=CCn1c(SCC(=O)Nc2scc(-c3ccc(OC)cc3)c2C(=O)OC)nnc1C(C)Oc1ccc(Cl)cc1C. The number of benzene rings is 2. The van der Waals surface area contributed by atoms with Crippen molar-refractivity contribution in [2.24, 2.45) is 0 Å². The summed E-state index contributed by atoms with van der Waals surface area (Å²) in [6.45, 7) is 8.07. The number of thioether (sulfide) groups is 1. The molecule has 1 atom stereocenters. The first kappa shape index (κ1) is 30.2. The van der Waals surface area contributed by atoms with Gasteiger partial charge in [0.15, 0.2) is 17.1 Å². The molecule has 1 amide bonds. The second kappa shape index (κ2) is 13.7. The molecule has 4 rings (SSSR count). The smallest absolute Gasteiger partial charge is 0.341 e. The van der Waals surface area contributed by atoms with Crippen molar-refractivity contribution in [3.8, 4) is 22.6 Å². The highest BCUT2D eigenvalue weighted by Crippen LogP contribution is 2.37. The molecular weight excluding hydrogens is 584 g/mol. The van der Waals surface area contributed by atoms with E-state index in [1.54, 1.807) is 31.4 Å². The maximum absolute atomic E-state index is 13.0. The molecule has 214 valence electrons. The van der Waals surface area contributed by atoms with Gasteiger partial charge in [0.05, 0.1) is 20.0 Å². The van der Waals surface area contributed by atoms with Crippen molar-refractivity contribution in [2.75, 3.05) is 25.3 Å². The van der Waals surface area contributed by atoms with Gasteiger partial charge in [-0.25, -0.2) is 4.79 Å². The molecule has 41 heavy (non-hydrogen) atoms. The normalized spacial score (nSPS) is 11.5. The summed E-state index contributed by atoms with van der Waals surface area (Å²) in [6.07, 6.45) is 1.31. The molecule has 12 heteroatoms. The van der Waals surface area contributed by atoms with E-state index in [0.29, 0.717) is 50.2 Å². The third-order valence-corrected chi connectivity index (χ3v) is 8.13. The van der Waals surface area contributed by atoms with E-state index in [-0.39, 0.29) is 11.7 Å². The highest BCUT2D eigenvalue weighted by molar-refractivity contribution is 7.99. The number of halogens is 1. The third kappa shape index (κ3) is 7.10. The predicted molar refractivity (Wildman–Crippen MR) is 162 cm³/mol. The first-order valence-corrected chi connectivity index (χ1v) is 14.7. The number of allylic oxidation sites excluding steroid dienone is 1. The number of anilines is 1. The van der Waals surface area contributed by atoms with Crippen LogP contribution in [0.5, 0.6) is 11.5 Å². The largest absolute Gasteiger partial charge is 0.497 e. The number of ether oxygens (including phenoxy) is 3. The monoisotopic (exact) mass is 612 g/mol. The molecule has 0 aliphatic rings. The minimum atomic E-state index is -0.541. The molecule has 0 spiro atoms. The van der Waals surface area contributed by atoms with Crippen molar-refractivity contribution in [1.29, 1.82) is 0 Å². The summed E-state index contributed by atoms with van der Waals surface area (Å²) in [5.74, 6) is 1.17. The molecule has 1 N–H and O–H groups in total. The molecule has 0 fully saturated rings. The van der Waals surface area contributed by atoms with Gasteiger partial charge >= 0.3 is 5.97 Å². The van der Waals surface area contributed by atoms with Gasteiger partial charge in [-0.15, -0.1) is 28.1 Å². The zero-order valence-electron chi connectivity index (χ0n) is 23.0. The van der Waals surface area contributed by atoms with Gasteiger partial charge in [-0.3, -0.25) is 9.36 Å². The van der Waals surface area contributed by atoms with Crippen LogP contribution < -0.4 is 14.8 Å². The predicted octanol–water partition coefficient (Wildman–Crippen LogP) is 6.82. The molecule has 0 radical (unpaired) electrons. The molecule has 0 saturated carbocycles. The number of carbonyl (C=O) groups excluding carboxylic acids is 2. The lowest BCUT2D eigenvalue weighted by atomic mass is 10.0. The maximum Gasteiger partial charge on any atom is 0.341 e. The summed E-state index contributed by atoms with van der Waals surface area (Å²) >= 11 is 8.54. The molecule has 0 bridgehead atoms. The fourth-order valence-electron chi connectivity index (χ4n) is 4.03. The number of carbonyl (C=O) groups is 2. The van der Waals surface area contributed by atoms with Crippen molar-refractivity contribution in [3.63, 3.8) is 0 Å². The summed E-state index contributed by atoms with van der Waals surface area (Å²) in [4.78, 5) is 25.7. The van der Waals surface area contributed by atoms with E-state index in [2.05, 4.69) is 22.1 Å². The fourth-order valence-corrected chi connectivity index (χ4v) is 5.98. The minimum absolute atomic E-state index is 0.0389. The Morgan fingerprint density at radius 2 is 1.95 bits per heavy atom. The van der Waals surface area contributed by atoms with Gasteiger partial charge in [0, 0.05) is 22.5 Å². The number of nitrogens with one attached hydrogen (secondary N) is 1. The second-order valence-corrected chi connectivity index (χ2v) is 11.1. The number of hydrogen-bond donors (Lipinski definition) is 1. The molecule has 0 aliphatic carbocycles. The van der Waals surface area contributed by atoms with Gasteiger partial charge in [0.2, 0.25) is 5.91 Å². The Bertz CT molecular complexity index is 1550. The van der Waals surface area contributed by atoms with Crippen LogP contribution >= 0.6 is 34.7 Å². The zero-order chi connectivity index (χ0) is 29.5. The van der Waals surface area contributed by atoms with Crippen LogP contribution in [0.1, 0.15) is 34.8 Å². The average Bonchev–Trinajstić information content (AvgIpc) is 3.57. The van der Waals surface area contributed by atoms with Gasteiger partial charge < -0.3 is 19.5 Å². The van der Waals surface area contributed by atoms with Crippen LogP contribution in [0.3, 0.4) is 0 Å². The fraction of sp³-hybridized carbons (Fsp3) is 0.241. The van der Waals surface area contributed by atoms with Crippen molar-refractivity contribution < 1.29 is 23.8 Å². The van der Waals surface area contributed by atoms with Gasteiger partial charge in [-0.1, -0.05) is 41.6 Å². The van der Waals surface area contributed by atoms with Crippen molar-refractivity contribution in [2.45, 2.75) is 31.7 Å². The first-order valence-electron chi connectivity index (χ1n) is 12.5. The summed E-state index contributed by atoms with van der Waals surface area (Å²) < 4.78 is 18.2. The molecule has 4 aromatic rings. The number of rotatable bonds is 12. The number of hydrogen-bond acceptors (Lipinski definition) is 9. The number of aryl methyl sites for hydroxylation is 1. The summed E-state index contributed by atoms with van der Waals surface area (Å²) in [5, 5.41) is 14.9. The number of thiophene rings is 1. The van der Waals surface area contributed by atoms with E-state index in [1.807, 2.05) is 48.1 Å². The molecule has 9 nitrogen and oxygen atoms in total. The van der Waals surface area contributed by atoms with Crippen LogP contribution in [-0.4, -0.2) is 46.6 Å². The molecule has 2 heterocycles. The topological polar surface area (TPSA) is 105 Å². The lowest BCUT2D eigenvalue weighted by Crippen LogP contribution is -2.17. The number of aromatic nitrogens is 3. The molecule has 0 saturated heterocycles. The van der Waals surface area contributed by atoms with E-state index in [9.17, 15) is 9.59 Å². The molecule has 2 aromatic heterocycles. The van der Waals surface area contributed by atoms with Crippen LogP contribution in [0.2, 0.25) is 5.02 Å². The van der Waals surface area contributed by atoms with E-state index >= 15 is 0 Å². The highest BCUT2D eigenvalue weighted by Gasteiger charge is 2.24. The molecule has 1 unspecified atom stereocenters. The second-order valence-electron chi connectivity index (χ2n) is 8.82. The van der Waals surface area contributed by atoms with Crippen LogP contribution in [0.4, 0.5) is 5.00 Å².